The van der Waals surface area contributed by atoms with Crippen LogP contribution in [-0.4, -0.2) is 55.2 Å². The second-order valence-electron chi connectivity index (χ2n) is 6.95. The highest BCUT2D eigenvalue weighted by Gasteiger charge is 2.32. The first-order valence-electron chi connectivity index (χ1n) is 9.87. The van der Waals surface area contributed by atoms with Crippen LogP contribution < -0.4 is 20.9 Å². The predicted molar refractivity (Wildman–Crippen MR) is 127 cm³/mol. The Bertz CT molecular complexity index is 833. The molecule has 0 aliphatic carbocycles. The molecule has 3 N–H and O–H groups in total. The Balaban J connectivity index is 0.00000341. The van der Waals surface area contributed by atoms with Crippen molar-refractivity contribution in [2.24, 2.45) is 4.99 Å². The highest BCUT2D eigenvalue weighted by atomic mass is 127. The third kappa shape index (κ3) is 7.71. The Morgan fingerprint density at radius 2 is 1.97 bits per heavy atom. The number of hydrogen-bond donors (Lipinski definition) is 3. The van der Waals surface area contributed by atoms with Crippen molar-refractivity contribution < 1.29 is 13.2 Å². The molecular weight excluding hydrogens is 522 g/mol. The SMILES string of the molecule is CN=C(NCCNc1nccc(C(F)(F)F)n1)NC1CCCN(c2ccccc2)C1.I. The minimum Gasteiger partial charge on any atom is -0.369 e. The van der Waals surface area contributed by atoms with Gasteiger partial charge in [0, 0.05) is 51.2 Å². The zero-order valence-corrected chi connectivity index (χ0v) is 19.5. The molecule has 0 spiro atoms. The first-order chi connectivity index (χ1) is 14.5. The first kappa shape index (κ1) is 25.0. The molecule has 1 saturated heterocycles. The molecule has 2 aromatic rings. The standard InChI is InChI=1S/C20H26F3N7.HI/c1-24-18(26-11-12-27-19-25-10-9-17(29-19)20(21,22)23)28-15-6-5-13-30(14-15)16-7-3-2-4-8-16;/h2-4,7-10,15H,5-6,11-14H2,1H3,(H2,24,26,28)(H,25,27,29);1H. The van der Waals surface area contributed by atoms with Gasteiger partial charge in [0.25, 0.3) is 0 Å². The molecule has 0 saturated carbocycles. The minimum absolute atomic E-state index is 0. The average molecular weight is 549 g/mol. The fourth-order valence-corrected chi connectivity index (χ4v) is 3.31. The van der Waals surface area contributed by atoms with Crippen LogP contribution in [0.4, 0.5) is 24.8 Å². The van der Waals surface area contributed by atoms with Gasteiger partial charge in [-0.15, -0.1) is 24.0 Å². The lowest BCUT2D eigenvalue weighted by molar-refractivity contribution is -0.141. The maximum absolute atomic E-state index is 12.7. The second kappa shape index (κ2) is 11.9. The normalized spacial score (nSPS) is 17.0. The van der Waals surface area contributed by atoms with E-state index in [-0.39, 0.29) is 36.0 Å². The Hall–Kier alpha value is -2.31. The van der Waals surface area contributed by atoms with E-state index in [0.717, 1.165) is 38.2 Å². The maximum atomic E-state index is 12.7. The zero-order valence-electron chi connectivity index (χ0n) is 17.2. The monoisotopic (exact) mass is 549 g/mol. The van der Waals surface area contributed by atoms with Crippen LogP contribution in [-0.2, 0) is 6.18 Å². The van der Waals surface area contributed by atoms with Crippen molar-refractivity contribution in [1.82, 2.24) is 20.6 Å². The topological polar surface area (TPSA) is 77.5 Å². The average Bonchev–Trinajstić information content (AvgIpc) is 2.76. The van der Waals surface area contributed by atoms with Gasteiger partial charge < -0.3 is 20.9 Å². The van der Waals surface area contributed by atoms with Crippen molar-refractivity contribution in [3.63, 3.8) is 0 Å². The molecule has 1 unspecified atom stereocenters. The summed E-state index contributed by atoms with van der Waals surface area (Å²) >= 11 is 0. The highest BCUT2D eigenvalue weighted by Crippen LogP contribution is 2.27. The number of aromatic nitrogens is 2. The summed E-state index contributed by atoms with van der Waals surface area (Å²) in [6.07, 6.45) is -1.27. The zero-order chi connectivity index (χ0) is 21.4. The number of anilines is 2. The van der Waals surface area contributed by atoms with Crippen molar-refractivity contribution in [2.45, 2.75) is 25.1 Å². The van der Waals surface area contributed by atoms with Crippen LogP contribution in [0.25, 0.3) is 0 Å². The number of rotatable bonds is 6. The fraction of sp³-hybridized carbons (Fsp3) is 0.450. The van der Waals surface area contributed by atoms with Crippen LogP contribution in [0, 0.1) is 0 Å². The summed E-state index contributed by atoms with van der Waals surface area (Å²) in [6, 6.07) is 11.4. The molecule has 170 valence electrons. The van der Waals surface area contributed by atoms with Crippen molar-refractivity contribution >= 4 is 41.6 Å². The van der Waals surface area contributed by atoms with E-state index in [1.54, 1.807) is 7.05 Å². The van der Waals surface area contributed by atoms with E-state index < -0.39 is 11.9 Å². The lowest BCUT2D eigenvalue weighted by Gasteiger charge is -2.35. The van der Waals surface area contributed by atoms with Crippen LogP contribution in [0.15, 0.2) is 47.6 Å². The van der Waals surface area contributed by atoms with Crippen molar-refractivity contribution in [3.8, 4) is 0 Å². The number of benzene rings is 1. The van der Waals surface area contributed by atoms with Gasteiger partial charge in [-0.25, -0.2) is 9.97 Å². The Labute approximate surface area is 197 Å². The fourth-order valence-electron chi connectivity index (χ4n) is 3.31. The Morgan fingerprint density at radius 3 is 2.68 bits per heavy atom. The number of guanidine groups is 1. The molecule has 1 aliphatic rings. The molecule has 1 aromatic carbocycles. The van der Waals surface area contributed by atoms with Crippen LogP contribution in [0.3, 0.4) is 0 Å². The van der Waals surface area contributed by atoms with Crippen LogP contribution in [0.5, 0.6) is 0 Å². The molecule has 1 atom stereocenters. The number of aliphatic imine (C=N–C) groups is 1. The van der Waals surface area contributed by atoms with Crippen LogP contribution in [0.1, 0.15) is 18.5 Å². The van der Waals surface area contributed by atoms with Gasteiger partial charge in [-0.2, -0.15) is 13.2 Å². The molecule has 3 rings (SSSR count). The smallest absolute Gasteiger partial charge is 0.369 e. The molecule has 1 aromatic heterocycles. The second-order valence-corrected chi connectivity index (χ2v) is 6.95. The third-order valence-electron chi connectivity index (χ3n) is 4.75. The van der Waals surface area contributed by atoms with E-state index in [1.807, 2.05) is 18.2 Å². The van der Waals surface area contributed by atoms with Crippen molar-refractivity contribution in [1.29, 1.82) is 0 Å². The summed E-state index contributed by atoms with van der Waals surface area (Å²) in [5.74, 6) is 0.599. The third-order valence-corrected chi connectivity index (χ3v) is 4.75. The maximum Gasteiger partial charge on any atom is 0.433 e. The molecular formula is C20H27F3IN7. The molecule has 31 heavy (non-hydrogen) atoms. The summed E-state index contributed by atoms with van der Waals surface area (Å²) < 4.78 is 38.1. The number of nitrogens with zero attached hydrogens (tertiary/aromatic N) is 4. The lowest BCUT2D eigenvalue weighted by Crippen LogP contribution is -2.51. The molecule has 2 heterocycles. The van der Waals surface area contributed by atoms with Crippen LogP contribution >= 0.6 is 24.0 Å². The quantitative estimate of drug-likeness (QED) is 0.222. The summed E-state index contributed by atoms with van der Waals surface area (Å²) in [4.78, 5) is 13.9. The molecule has 0 bridgehead atoms. The molecule has 11 heteroatoms. The summed E-state index contributed by atoms with van der Waals surface area (Å²) in [5.41, 5.74) is 0.239. The predicted octanol–water partition coefficient (Wildman–Crippen LogP) is 3.36. The Kier molecular flexibility index (Phi) is 9.59. The van der Waals surface area contributed by atoms with Gasteiger partial charge in [0.1, 0.15) is 5.69 Å². The van der Waals surface area contributed by atoms with E-state index in [9.17, 15) is 13.2 Å². The van der Waals surface area contributed by atoms with Gasteiger partial charge in [-0.05, 0) is 31.0 Å². The van der Waals surface area contributed by atoms with E-state index in [0.29, 0.717) is 19.0 Å². The van der Waals surface area contributed by atoms with E-state index in [1.165, 1.54) is 5.69 Å². The van der Waals surface area contributed by atoms with E-state index in [4.69, 9.17) is 0 Å². The minimum atomic E-state index is -4.49. The van der Waals surface area contributed by atoms with E-state index >= 15 is 0 Å². The van der Waals surface area contributed by atoms with Gasteiger partial charge in [0.2, 0.25) is 5.95 Å². The largest absolute Gasteiger partial charge is 0.433 e. The van der Waals surface area contributed by atoms with Gasteiger partial charge in [0.05, 0.1) is 0 Å². The molecule has 1 aliphatic heterocycles. The van der Waals surface area contributed by atoms with Crippen molar-refractivity contribution in [3.05, 3.63) is 48.3 Å². The highest BCUT2D eigenvalue weighted by molar-refractivity contribution is 14.0. The summed E-state index contributed by atoms with van der Waals surface area (Å²) in [5, 5.41) is 9.38. The number of para-hydroxylation sites is 1. The van der Waals surface area contributed by atoms with Gasteiger partial charge in [0.15, 0.2) is 5.96 Å². The number of nitrogens with one attached hydrogen (secondary N) is 3. The number of hydrogen-bond acceptors (Lipinski definition) is 5. The van der Waals surface area contributed by atoms with Crippen LogP contribution in [0.2, 0.25) is 0 Å². The lowest BCUT2D eigenvalue weighted by atomic mass is 10.1. The number of alkyl halides is 3. The van der Waals surface area contributed by atoms with Crippen molar-refractivity contribution in [2.75, 3.05) is 43.4 Å². The number of halogens is 4. The van der Waals surface area contributed by atoms with Gasteiger partial charge in [-0.3, -0.25) is 4.99 Å². The van der Waals surface area contributed by atoms with E-state index in [2.05, 4.69) is 47.9 Å². The first-order valence-corrected chi connectivity index (χ1v) is 9.87. The number of piperidine rings is 1. The molecule has 1 fully saturated rings. The molecule has 0 amide bonds. The molecule has 0 radical (unpaired) electrons. The van der Waals surface area contributed by atoms with Gasteiger partial charge >= 0.3 is 6.18 Å². The van der Waals surface area contributed by atoms with Gasteiger partial charge in [-0.1, -0.05) is 18.2 Å². The summed E-state index contributed by atoms with van der Waals surface area (Å²) in [6.45, 7) is 2.70. The summed E-state index contributed by atoms with van der Waals surface area (Å²) in [7, 11) is 1.69. The Morgan fingerprint density at radius 1 is 1.19 bits per heavy atom. The molecule has 7 nitrogen and oxygen atoms in total.